The minimum Gasteiger partial charge on any atom is -0.273 e. The molecule has 0 fully saturated rings. The molecular formula is C13H17N7O3. The highest BCUT2D eigenvalue weighted by Crippen LogP contribution is 2.09. The third kappa shape index (κ3) is 3.99. The molecule has 0 aromatic carbocycles. The van der Waals surface area contributed by atoms with Gasteiger partial charge in [0.05, 0.1) is 29.8 Å². The largest absolute Gasteiger partial charge is 0.306 e. The summed E-state index contributed by atoms with van der Waals surface area (Å²) in [6.07, 6.45) is 5.60. The van der Waals surface area contributed by atoms with E-state index in [1.807, 2.05) is 14.0 Å². The Bertz CT molecular complexity index is 747. The zero-order valence-electron chi connectivity index (χ0n) is 13.0. The Morgan fingerprint density at radius 3 is 2.83 bits per heavy atom. The van der Waals surface area contributed by atoms with E-state index in [-0.39, 0.29) is 18.1 Å². The summed E-state index contributed by atoms with van der Waals surface area (Å²) in [6.45, 7) is 3.80. The Kier molecular flexibility index (Phi) is 4.84. The molecule has 0 bridgehead atoms. The molecule has 10 heteroatoms. The summed E-state index contributed by atoms with van der Waals surface area (Å²) in [5.41, 5.74) is 4.07. The van der Waals surface area contributed by atoms with Gasteiger partial charge < -0.3 is 0 Å². The summed E-state index contributed by atoms with van der Waals surface area (Å²) in [7, 11) is 1.82. The summed E-state index contributed by atoms with van der Waals surface area (Å²) in [5, 5.41) is 22.4. The molecular weight excluding hydrogens is 302 g/mol. The van der Waals surface area contributed by atoms with E-state index < -0.39 is 10.8 Å². The van der Waals surface area contributed by atoms with Gasteiger partial charge in [0.2, 0.25) is 5.91 Å². The van der Waals surface area contributed by atoms with Gasteiger partial charge in [0.25, 0.3) is 0 Å². The highest BCUT2D eigenvalue weighted by Gasteiger charge is 2.16. The second-order valence-corrected chi connectivity index (χ2v) is 5.12. The van der Waals surface area contributed by atoms with Gasteiger partial charge in [-0.25, -0.2) is 5.43 Å². The number of carbonyl (C=O) groups excluding carboxylic acids is 1. The van der Waals surface area contributed by atoms with Crippen LogP contribution in [0.5, 0.6) is 0 Å². The van der Waals surface area contributed by atoms with E-state index in [1.165, 1.54) is 17.1 Å². The van der Waals surface area contributed by atoms with E-state index >= 15 is 0 Å². The molecule has 0 aliphatic carbocycles. The quantitative estimate of drug-likeness (QED) is 0.475. The van der Waals surface area contributed by atoms with Crippen molar-refractivity contribution in [3.63, 3.8) is 0 Å². The molecule has 0 aliphatic heterocycles. The summed E-state index contributed by atoms with van der Waals surface area (Å²) in [5.74, 6) is -0.748. The van der Waals surface area contributed by atoms with Crippen LogP contribution < -0.4 is 5.43 Å². The van der Waals surface area contributed by atoms with Crippen LogP contribution in [-0.2, 0) is 18.4 Å². The number of aryl methyl sites for hydroxylation is 1. The molecule has 2 aromatic rings. The second-order valence-electron chi connectivity index (χ2n) is 5.12. The fourth-order valence-corrected chi connectivity index (χ4v) is 1.83. The van der Waals surface area contributed by atoms with Gasteiger partial charge >= 0.3 is 5.69 Å². The first-order valence-corrected chi connectivity index (χ1v) is 6.87. The summed E-state index contributed by atoms with van der Waals surface area (Å²) in [6, 6.07) is 0. The van der Waals surface area contributed by atoms with Crippen LogP contribution in [0.2, 0.25) is 0 Å². The number of rotatable bonds is 6. The Hall–Kier alpha value is -3.04. The molecule has 10 nitrogen and oxygen atoms in total. The van der Waals surface area contributed by atoms with Gasteiger partial charge in [0, 0.05) is 18.3 Å². The number of hydrazone groups is 1. The van der Waals surface area contributed by atoms with Crippen LogP contribution in [0, 0.1) is 23.0 Å². The lowest BCUT2D eigenvalue weighted by Crippen LogP contribution is -2.28. The van der Waals surface area contributed by atoms with Crippen molar-refractivity contribution in [2.75, 3.05) is 0 Å². The highest BCUT2D eigenvalue weighted by atomic mass is 16.6. The number of aromatic nitrogens is 4. The van der Waals surface area contributed by atoms with Crippen molar-refractivity contribution < 1.29 is 9.72 Å². The number of nitrogens with one attached hydrogen (secondary N) is 1. The number of amides is 1. The maximum absolute atomic E-state index is 11.9. The van der Waals surface area contributed by atoms with Gasteiger partial charge in [-0.05, 0) is 6.92 Å². The summed E-state index contributed by atoms with van der Waals surface area (Å²) < 4.78 is 3.06. The number of nitro groups is 1. The van der Waals surface area contributed by atoms with Crippen molar-refractivity contribution in [3.8, 4) is 0 Å². The van der Waals surface area contributed by atoms with Gasteiger partial charge in [-0.3, -0.25) is 24.3 Å². The molecule has 1 amide bonds. The molecule has 23 heavy (non-hydrogen) atoms. The van der Waals surface area contributed by atoms with Gasteiger partial charge in [-0.1, -0.05) is 6.92 Å². The Morgan fingerprint density at radius 2 is 2.26 bits per heavy atom. The molecule has 2 aromatic heterocycles. The molecule has 122 valence electrons. The lowest BCUT2D eigenvalue weighted by atomic mass is 10.2. The zero-order chi connectivity index (χ0) is 17.0. The van der Waals surface area contributed by atoms with Crippen LogP contribution in [0.15, 0.2) is 23.7 Å². The first kappa shape index (κ1) is 16.3. The molecule has 1 atom stereocenters. The summed E-state index contributed by atoms with van der Waals surface area (Å²) >= 11 is 0. The molecule has 0 saturated carbocycles. The molecule has 0 aliphatic rings. The van der Waals surface area contributed by atoms with Crippen molar-refractivity contribution >= 4 is 17.8 Å². The molecule has 2 heterocycles. The van der Waals surface area contributed by atoms with Crippen LogP contribution in [0.25, 0.3) is 0 Å². The monoisotopic (exact) mass is 319 g/mol. The van der Waals surface area contributed by atoms with Crippen molar-refractivity contribution in [2.45, 2.75) is 20.4 Å². The van der Waals surface area contributed by atoms with Gasteiger partial charge in [0.15, 0.2) is 0 Å². The number of hydrogen-bond donors (Lipinski definition) is 1. The van der Waals surface area contributed by atoms with Crippen LogP contribution in [0.4, 0.5) is 5.69 Å². The molecule has 2 rings (SSSR count). The third-order valence-corrected chi connectivity index (χ3v) is 3.39. The first-order valence-electron chi connectivity index (χ1n) is 6.87. The van der Waals surface area contributed by atoms with E-state index in [4.69, 9.17) is 0 Å². The fraction of sp³-hybridized carbons (Fsp3) is 0.385. The summed E-state index contributed by atoms with van der Waals surface area (Å²) in [4.78, 5) is 22.0. The minimum atomic E-state index is -0.533. The van der Waals surface area contributed by atoms with Crippen LogP contribution in [-0.4, -0.2) is 36.6 Å². The Morgan fingerprint density at radius 1 is 1.52 bits per heavy atom. The molecule has 0 saturated heterocycles. The van der Waals surface area contributed by atoms with Crippen molar-refractivity contribution in [1.29, 1.82) is 0 Å². The first-order chi connectivity index (χ1) is 10.9. The average Bonchev–Trinajstić information content (AvgIpc) is 3.09. The molecule has 1 unspecified atom stereocenters. The van der Waals surface area contributed by atoms with E-state index in [9.17, 15) is 14.9 Å². The van der Waals surface area contributed by atoms with Gasteiger partial charge in [-0.2, -0.15) is 15.3 Å². The second kappa shape index (κ2) is 6.81. The maximum atomic E-state index is 11.9. The normalized spacial score (nSPS) is 12.5. The van der Waals surface area contributed by atoms with Crippen molar-refractivity contribution in [3.05, 3.63) is 40.0 Å². The molecule has 0 radical (unpaired) electrons. The lowest BCUT2D eigenvalue weighted by Gasteiger charge is -2.08. The maximum Gasteiger partial charge on any atom is 0.306 e. The number of hydrogen-bond acceptors (Lipinski definition) is 6. The fourth-order valence-electron chi connectivity index (χ4n) is 1.83. The van der Waals surface area contributed by atoms with Crippen molar-refractivity contribution in [2.24, 2.45) is 18.1 Å². The van der Waals surface area contributed by atoms with Crippen molar-refractivity contribution in [1.82, 2.24) is 25.0 Å². The van der Waals surface area contributed by atoms with Crippen LogP contribution in [0.1, 0.15) is 18.2 Å². The van der Waals surface area contributed by atoms with E-state index in [0.29, 0.717) is 0 Å². The van der Waals surface area contributed by atoms with Crippen LogP contribution >= 0.6 is 0 Å². The topological polar surface area (TPSA) is 120 Å². The predicted octanol–water partition coefficient (Wildman–Crippen LogP) is 0.620. The highest BCUT2D eigenvalue weighted by molar-refractivity contribution is 5.83. The number of nitrogens with zero attached hydrogens (tertiary/aromatic N) is 6. The zero-order valence-corrected chi connectivity index (χ0v) is 13.0. The standard InChI is InChI=1S/C13H17N7O3/c1-9(7-19-8-12(6-16-19)20(22)23)13(21)17-14-4-11-5-15-18(3)10(11)2/h4-6,8-9H,7H2,1-3H3,(H,17,21). The Labute approximate surface area is 131 Å². The Balaban J connectivity index is 1.89. The third-order valence-electron chi connectivity index (χ3n) is 3.39. The van der Waals surface area contributed by atoms with E-state index in [0.717, 1.165) is 17.5 Å². The van der Waals surface area contributed by atoms with E-state index in [1.54, 1.807) is 17.8 Å². The number of carbonyl (C=O) groups is 1. The van der Waals surface area contributed by atoms with Gasteiger partial charge in [-0.15, -0.1) is 0 Å². The SMILES string of the molecule is Cc1c(C=NNC(=O)C(C)Cn2cc([N+](=O)[O-])cn2)cnn1C. The minimum absolute atomic E-state index is 0.109. The predicted molar refractivity (Wildman–Crippen MR) is 81.7 cm³/mol. The molecule has 0 spiro atoms. The lowest BCUT2D eigenvalue weighted by molar-refractivity contribution is -0.385. The smallest absolute Gasteiger partial charge is 0.273 e. The van der Waals surface area contributed by atoms with E-state index in [2.05, 4.69) is 20.7 Å². The molecule has 1 N–H and O–H groups in total. The van der Waals surface area contributed by atoms with Gasteiger partial charge in [0.1, 0.15) is 12.4 Å². The average molecular weight is 319 g/mol. The van der Waals surface area contributed by atoms with Crippen LogP contribution in [0.3, 0.4) is 0 Å².